The number of carbonyl (C=O) groups excluding carboxylic acids is 1. The second kappa shape index (κ2) is 6.78. The van der Waals surface area contributed by atoms with Gasteiger partial charge in [-0.1, -0.05) is 5.16 Å². The van der Waals surface area contributed by atoms with Crippen molar-refractivity contribution in [1.82, 2.24) is 20.4 Å². The molecule has 2 atom stereocenters. The molecule has 7 nitrogen and oxygen atoms in total. The summed E-state index contributed by atoms with van der Waals surface area (Å²) in [6.45, 7) is 7.71. The topological polar surface area (TPSA) is 94.4 Å². The molecule has 3 N–H and O–H groups in total. The molecule has 3 rings (SSSR count). The van der Waals surface area contributed by atoms with E-state index in [4.69, 9.17) is 4.52 Å². The Morgan fingerprint density at radius 3 is 2.88 bits per heavy atom. The number of likely N-dealkylation sites (tertiary alicyclic amines) is 1. The average Bonchev–Trinajstić information content (AvgIpc) is 3.10. The number of aromatic nitrogens is 2. The fraction of sp³-hybridized carbons (Fsp3) is 0.529. The van der Waals surface area contributed by atoms with Crippen LogP contribution in [0, 0.1) is 20.8 Å². The van der Waals surface area contributed by atoms with Gasteiger partial charge in [-0.25, -0.2) is 0 Å². The van der Waals surface area contributed by atoms with Crippen molar-refractivity contribution in [3.63, 3.8) is 0 Å². The first kappa shape index (κ1) is 16.7. The molecule has 1 aliphatic heterocycles. The predicted molar refractivity (Wildman–Crippen MR) is 88.7 cm³/mol. The van der Waals surface area contributed by atoms with Gasteiger partial charge in [0.2, 0.25) is 0 Å². The molecule has 2 aromatic rings. The van der Waals surface area contributed by atoms with Crippen molar-refractivity contribution in [2.45, 2.75) is 45.9 Å². The molecule has 0 aromatic carbocycles. The zero-order valence-corrected chi connectivity index (χ0v) is 14.3. The minimum atomic E-state index is -0.595. The smallest absolute Gasteiger partial charge is 0.253 e. The van der Waals surface area contributed by atoms with Crippen LogP contribution in [0.15, 0.2) is 16.8 Å². The number of carbonyl (C=O) groups is 1. The van der Waals surface area contributed by atoms with Crippen LogP contribution >= 0.6 is 0 Å². The van der Waals surface area contributed by atoms with Gasteiger partial charge in [-0.05, 0) is 33.3 Å². The molecule has 0 spiro atoms. The molecule has 7 heteroatoms. The standard InChI is InChI=1S/C17H24N4O3/c1-10-13(4-6-18-10)17(23)19-15-5-7-21(9-16(15)22)8-14-11(2)20-24-12(14)3/h4,6,15-16,18,22H,5,7-9H2,1-3H3,(H,19,23)/t15-,16-/m1/s1. The fourth-order valence-electron chi connectivity index (χ4n) is 3.21. The van der Waals surface area contributed by atoms with Gasteiger partial charge in [-0.15, -0.1) is 0 Å². The molecule has 1 aliphatic rings. The van der Waals surface area contributed by atoms with Crippen molar-refractivity contribution < 1.29 is 14.4 Å². The molecule has 3 heterocycles. The summed E-state index contributed by atoms with van der Waals surface area (Å²) in [6.07, 6.45) is 1.86. The molecular formula is C17H24N4O3. The summed E-state index contributed by atoms with van der Waals surface area (Å²) in [6, 6.07) is 1.52. The minimum Gasteiger partial charge on any atom is -0.390 e. The maximum atomic E-state index is 12.3. The van der Waals surface area contributed by atoms with Gasteiger partial charge in [0, 0.05) is 37.1 Å². The number of H-pyrrole nitrogens is 1. The number of rotatable bonds is 4. The second-order valence-corrected chi connectivity index (χ2v) is 6.49. The van der Waals surface area contributed by atoms with Crippen LogP contribution in [-0.2, 0) is 6.54 Å². The lowest BCUT2D eigenvalue weighted by Crippen LogP contribution is -2.53. The molecule has 1 amide bonds. The molecule has 2 aromatic heterocycles. The minimum absolute atomic E-state index is 0.142. The SMILES string of the molecule is Cc1noc(C)c1CN1CC[C@@H](NC(=O)c2cc[nH]c2C)[C@H](O)C1. The van der Waals surface area contributed by atoms with Gasteiger partial charge >= 0.3 is 0 Å². The Balaban J connectivity index is 1.57. The first-order valence-electron chi connectivity index (χ1n) is 8.22. The number of aliphatic hydroxyl groups excluding tert-OH is 1. The lowest BCUT2D eigenvalue weighted by atomic mass is 10.0. The van der Waals surface area contributed by atoms with Crippen molar-refractivity contribution in [1.29, 1.82) is 0 Å². The molecule has 1 saturated heterocycles. The number of aliphatic hydroxyl groups is 1. The highest BCUT2D eigenvalue weighted by Gasteiger charge is 2.30. The molecule has 130 valence electrons. The molecule has 24 heavy (non-hydrogen) atoms. The molecule has 1 fully saturated rings. The van der Waals surface area contributed by atoms with Crippen molar-refractivity contribution in [3.05, 3.63) is 40.5 Å². The molecule has 0 unspecified atom stereocenters. The number of nitrogens with one attached hydrogen (secondary N) is 2. The summed E-state index contributed by atoms with van der Waals surface area (Å²) >= 11 is 0. The highest BCUT2D eigenvalue weighted by Crippen LogP contribution is 2.19. The van der Waals surface area contributed by atoms with E-state index in [1.165, 1.54) is 0 Å². The highest BCUT2D eigenvalue weighted by molar-refractivity contribution is 5.95. The van der Waals surface area contributed by atoms with Gasteiger partial charge in [0.1, 0.15) is 5.76 Å². The number of amides is 1. The van der Waals surface area contributed by atoms with E-state index in [2.05, 4.69) is 20.4 Å². The number of β-amino-alcohol motifs (C(OH)–C–C–N with tert-alkyl or cyclic N) is 1. The van der Waals surface area contributed by atoms with E-state index in [1.807, 2.05) is 20.8 Å². The van der Waals surface area contributed by atoms with E-state index in [9.17, 15) is 9.90 Å². The Hall–Kier alpha value is -2.12. The van der Waals surface area contributed by atoms with Crippen LogP contribution in [-0.4, -0.2) is 51.3 Å². The number of hydrogen-bond donors (Lipinski definition) is 3. The molecule has 0 radical (unpaired) electrons. The van der Waals surface area contributed by atoms with Gasteiger partial charge in [-0.2, -0.15) is 0 Å². The van der Waals surface area contributed by atoms with Crippen LogP contribution in [0.5, 0.6) is 0 Å². The maximum Gasteiger partial charge on any atom is 0.253 e. The Morgan fingerprint density at radius 2 is 2.29 bits per heavy atom. The third kappa shape index (κ3) is 3.37. The molecule has 0 saturated carbocycles. The Labute approximate surface area is 141 Å². The summed E-state index contributed by atoms with van der Waals surface area (Å²) in [5, 5.41) is 17.3. The third-order valence-corrected chi connectivity index (χ3v) is 4.74. The zero-order chi connectivity index (χ0) is 17.3. The van der Waals surface area contributed by atoms with E-state index in [0.29, 0.717) is 25.1 Å². The summed E-state index contributed by atoms with van der Waals surface area (Å²) in [7, 11) is 0. The van der Waals surface area contributed by atoms with Gasteiger partial charge in [0.25, 0.3) is 5.91 Å². The fourth-order valence-corrected chi connectivity index (χ4v) is 3.21. The van der Waals surface area contributed by atoms with Gasteiger partial charge in [0.05, 0.1) is 23.4 Å². The van der Waals surface area contributed by atoms with E-state index in [-0.39, 0.29) is 11.9 Å². The second-order valence-electron chi connectivity index (χ2n) is 6.49. The van der Waals surface area contributed by atoms with E-state index in [0.717, 1.165) is 29.3 Å². The van der Waals surface area contributed by atoms with Crippen molar-refractivity contribution in [2.24, 2.45) is 0 Å². The van der Waals surface area contributed by atoms with E-state index < -0.39 is 6.10 Å². The largest absolute Gasteiger partial charge is 0.390 e. The number of aromatic amines is 1. The Bertz CT molecular complexity index is 702. The highest BCUT2D eigenvalue weighted by atomic mass is 16.5. The van der Waals surface area contributed by atoms with Crippen LogP contribution in [0.25, 0.3) is 0 Å². The van der Waals surface area contributed by atoms with Gasteiger partial charge < -0.3 is 19.9 Å². The molecule has 0 aliphatic carbocycles. The lowest BCUT2D eigenvalue weighted by molar-refractivity contribution is 0.0347. The quantitative estimate of drug-likeness (QED) is 0.784. The van der Waals surface area contributed by atoms with Gasteiger partial charge in [-0.3, -0.25) is 9.69 Å². The summed E-state index contributed by atoms with van der Waals surface area (Å²) in [4.78, 5) is 17.5. The maximum absolute atomic E-state index is 12.3. The van der Waals surface area contributed by atoms with Crippen LogP contribution in [0.2, 0.25) is 0 Å². The molecular weight excluding hydrogens is 308 g/mol. The lowest BCUT2D eigenvalue weighted by Gasteiger charge is -2.36. The summed E-state index contributed by atoms with van der Waals surface area (Å²) in [5.74, 6) is 0.678. The van der Waals surface area contributed by atoms with Crippen LogP contribution in [0.3, 0.4) is 0 Å². The number of nitrogens with zero attached hydrogens (tertiary/aromatic N) is 2. The number of hydrogen-bond acceptors (Lipinski definition) is 5. The average molecular weight is 332 g/mol. The van der Waals surface area contributed by atoms with Crippen molar-refractivity contribution in [3.8, 4) is 0 Å². The monoisotopic (exact) mass is 332 g/mol. The van der Waals surface area contributed by atoms with Gasteiger partial charge in [0.15, 0.2) is 0 Å². The summed E-state index contributed by atoms with van der Waals surface area (Å²) < 4.78 is 5.19. The zero-order valence-electron chi connectivity index (χ0n) is 14.3. The van der Waals surface area contributed by atoms with Crippen LogP contribution in [0.4, 0.5) is 0 Å². The summed E-state index contributed by atoms with van der Waals surface area (Å²) in [5.41, 5.74) is 3.42. The Kier molecular flexibility index (Phi) is 4.73. The van der Waals surface area contributed by atoms with E-state index >= 15 is 0 Å². The van der Waals surface area contributed by atoms with Crippen LogP contribution in [0.1, 0.15) is 39.5 Å². The van der Waals surface area contributed by atoms with Crippen LogP contribution < -0.4 is 5.32 Å². The first-order chi connectivity index (χ1) is 11.5. The van der Waals surface area contributed by atoms with Crippen molar-refractivity contribution >= 4 is 5.91 Å². The predicted octanol–water partition coefficient (Wildman–Crippen LogP) is 1.29. The molecule has 0 bridgehead atoms. The van der Waals surface area contributed by atoms with E-state index in [1.54, 1.807) is 12.3 Å². The third-order valence-electron chi connectivity index (χ3n) is 4.74. The Morgan fingerprint density at radius 1 is 1.50 bits per heavy atom. The normalized spacial score (nSPS) is 21.8. The number of aryl methyl sites for hydroxylation is 3. The number of piperidine rings is 1. The van der Waals surface area contributed by atoms with Crippen molar-refractivity contribution in [2.75, 3.05) is 13.1 Å². The first-order valence-corrected chi connectivity index (χ1v) is 8.22.